The molecule has 2 rings (SSSR count). The quantitative estimate of drug-likeness (QED) is 0.512. The minimum Gasteiger partial charge on any atom is -0.348 e. The van der Waals surface area contributed by atoms with Crippen LogP contribution in [0.25, 0.3) is 0 Å². The lowest BCUT2D eigenvalue weighted by Gasteiger charge is -2.22. The van der Waals surface area contributed by atoms with Gasteiger partial charge in [0.2, 0.25) is 5.91 Å². The number of carbonyl (C=O) groups is 3. The van der Waals surface area contributed by atoms with Crippen LogP contribution >= 0.6 is 0 Å². The summed E-state index contributed by atoms with van der Waals surface area (Å²) in [6.45, 7) is 5.24. The summed E-state index contributed by atoms with van der Waals surface area (Å²) in [7, 11) is 0. The van der Waals surface area contributed by atoms with Gasteiger partial charge >= 0.3 is 6.03 Å². The van der Waals surface area contributed by atoms with Crippen molar-refractivity contribution in [2.45, 2.75) is 64.5 Å². The lowest BCUT2D eigenvalue weighted by molar-refractivity contribution is -0.135. The second-order valence-electron chi connectivity index (χ2n) is 7.30. The predicted molar refractivity (Wildman–Crippen MR) is 100 cm³/mol. The summed E-state index contributed by atoms with van der Waals surface area (Å²) in [6, 6.07) is 4.91. The Labute approximate surface area is 159 Å². The first-order valence-corrected chi connectivity index (χ1v) is 9.46. The van der Waals surface area contributed by atoms with Gasteiger partial charge in [0.05, 0.1) is 6.04 Å². The maximum Gasteiger partial charge on any atom is 0.325 e. The van der Waals surface area contributed by atoms with Crippen molar-refractivity contribution >= 4 is 17.8 Å². The molecule has 1 saturated heterocycles. The Morgan fingerprint density at radius 2 is 1.89 bits per heavy atom. The number of nitrogens with zero attached hydrogens (tertiary/aromatic N) is 1. The first-order chi connectivity index (χ1) is 12.8. The lowest BCUT2D eigenvalue weighted by atomic mass is 9.94. The van der Waals surface area contributed by atoms with Gasteiger partial charge in [0.15, 0.2) is 0 Å². The summed E-state index contributed by atoms with van der Waals surface area (Å²) in [6.07, 6.45) is 4.59. The van der Waals surface area contributed by atoms with Crippen molar-refractivity contribution in [2.24, 2.45) is 0 Å². The van der Waals surface area contributed by atoms with Crippen LogP contribution in [0.5, 0.6) is 0 Å². The molecule has 1 aliphatic rings. The van der Waals surface area contributed by atoms with E-state index >= 15 is 0 Å². The molecule has 1 fully saturated rings. The van der Waals surface area contributed by atoms with E-state index in [1.54, 1.807) is 26.0 Å². The van der Waals surface area contributed by atoms with E-state index < -0.39 is 17.5 Å². The van der Waals surface area contributed by atoms with E-state index in [0.717, 1.165) is 36.1 Å². The molecule has 0 saturated carbocycles. The molecule has 1 aliphatic heterocycles. The molecule has 1 aromatic rings. The standard InChI is InChI=1S/C20H28FN3O3/c1-4-5-6-7-12-20(3)18(26)24(19(27)23-20)13-17(25)22-14(2)15-8-10-16(21)11-9-15/h8-11,14H,4-7,12-13H2,1-3H3,(H,22,25)(H,23,27). The SMILES string of the molecule is CCCCCCC1(C)NC(=O)N(CC(=O)NC(C)c2ccc(F)cc2)C1=O. The summed E-state index contributed by atoms with van der Waals surface area (Å²) in [5.74, 6) is -1.16. The van der Waals surface area contributed by atoms with E-state index in [1.807, 2.05) is 0 Å². The van der Waals surface area contributed by atoms with Crippen LogP contribution in [0.1, 0.15) is 64.5 Å². The molecule has 1 aromatic carbocycles. The van der Waals surface area contributed by atoms with Crippen molar-refractivity contribution in [3.05, 3.63) is 35.6 Å². The molecule has 2 unspecified atom stereocenters. The first-order valence-electron chi connectivity index (χ1n) is 9.46. The number of rotatable bonds is 9. The second kappa shape index (κ2) is 8.97. The van der Waals surface area contributed by atoms with E-state index in [0.29, 0.717) is 6.42 Å². The van der Waals surface area contributed by atoms with Gasteiger partial charge in [-0.3, -0.25) is 14.5 Å². The van der Waals surface area contributed by atoms with Gasteiger partial charge in [0.1, 0.15) is 17.9 Å². The highest BCUT2D eigenvalue weighted by Crippen LogP contribution is 2.24. The zero-order valence-corrected chi connectivity index (χ0v) is 16.2. The van der Waals surface area contributed by atoms with E-state index in [9.17, 15) is 18.8 Å². The summed E-state index contributed by atoms with van der Waals surface area (Å²) in [5.41, 5.74) is -0.212. The molecular weight excluding hydrogens is 349 g/mol. The topological polar surface area (TPSA) is 78.5 Å². The number of amides is 4. The number of urea groups is 1. The molecule has 0 spiro atoms. The number of hydrogen-bond donors (Lipinski definition) is 2. The highest BCUT2D eigenvalue weighted by molar-refractivity contribution is 6.08. The molecule has 27 heavy (non-hydrogen) atoms. The fourth-order valence-corrected chi connectivity index (χ4v) is 3.23. The minimum atomic E-state index is -0.951. The van der Waals surface area contributed by atoms with E-state index in [4.69, 9.17) is 0 Å². The molecule has 0 aliphatic carbocycles. The van der Waals surface area contributed by atoms with Crippen LogP contribution < -0.4 is 10.6 Å². The van der Waals surface area contributed by atoms with Crippen molar-refractivity contribution in [3.8, 4) is 0 Å². The van der Waals surface area contributed by atoms with Gasteiger partial charge in [-0.1, -0.05) is 44.7 Å². The number of imide groups is 1. The number of hydrogen-bond acceptors (Lipinski definition) is 3. The van der Waals surface area contributed by atoms with Gasteiger partial charge < -0.3 is 10.6 Å². The molecule has 1 heterocycles. The predicted octanol–water partition coefficient (Wildman–Crippen LogP) is 3.28. The zero-order valence-electron chi connectivity index (χ0n) is 16.2. The molecule has 6 nitrogen and oxygen atoms in total. The van der Waals surface area contributed by atoms with Crippen LogP contribution in [0.2, 0.25) is 0 Å². The molecule has 2 atom stereocenters. The Balaban J connectivity index is 1.91. The van der Waals surface area contributed by atoms with Gasteiger partial charge in [-0.15, -0.1) is 0 Å². The average Bonchev–Trinajstić information content (AvgIpc) is 2.83. The normalized spacial score (nSPS) is 20.5. The van der Waals surface area contributed by atoms with Crippen LogP contribution in [0.3, 0.4) is 0 Å². The van der Waals surface area contributed by atoms with Gasteiger partial charge in [0.25, 0.3) is 5.91 Å². The van der Waals surface area contributed by atoms with Gasteiger partial charge in [-0.25, -0.2) is 9.18 Å². The second-order valence-corrected chi connectivity index (χ2v) is 7.30. The Morgan fingerprint density at radius 3 is 2.52 bits per heavy atom. The third-order valence-electron chi connectivity index (χ3n) is 4.92. The third-order valence-corrected chi connectivity index (χ3v) is 4.92. The van der Waals surface area contributed by atoms with Crippen molar-refractivity contribution in [2.75, 3.05) is 6.54 Å². The fraction of sp³-hybridized carbons (Fsp3) is 0.550. The first kappa shape index (κ1) is 20.9. The summed E-state index contributed by atoms with van der Waals surface area (Å²) >= 11 is 0. The van der Waals surface area contributed by atoms with E-state index in [1.165, 1.54) is 12.1 Å². The molecule has 0 radical (unpaired) electrons. The molecule has 0 aromatic heterocycles. The van der Waals surface area contributed by atoms with Gasteiger partial charge in [0, 0.05) is 0 Å². The van der Waals surface area contributed by atoms with Crippen LogP contribution in [0.15, 0.2) is 24.3 Å². The molecule has 4 amide bonds. The van der Waals surface area contributed by atoms with E-state index in [2.05, 4.69) is 17.6 Å². The van der Waals surface area contributed by atoms with Crippen molar-refractivity contribution in [1.82, 2.24) is 15.5 Å². The Hall–Kier alpha value is -2.44. The van der Waals surface area contributed by atoms with Crippen molar-refractivity contribution < 1.29 is 18.8 Å². The zero-order chi connectivity index (χ0) is 20.0. The summed E-state index contributed by atoms with van der Waals surface area (Å²) in [4.78, 5) is 38.1. The van der Waals surface area contributed by atoms with Gasteiger partial charge in [-0.05, 0) is 38.0 Å². The number of nitrogens with one attached hydrogen (secondary N) is 2. The smallest absolute Gasteiger partial charge is 0.325 e. The Morgan fingerprint density at radius 1 is 1.22 bits per heavy atom. The van der Waals surface area contributed by atoms with E-state index in [-0.39, 0.29) is 24.3 Å². The summed E-state index contributed by atoms with van der Waals surface area (Å²) in [5, 5.41) is 5.46. The van der Waals surface area contributed by atoms with Crippen LogP contribution in [0.4, 0.5) is 9.18 Å². The van der Waals surface area contributed by atoms with Gasteiger partial charge in [-0.2, -0.15) is 0 Å². The number of carbonyl (C=O) groups excluding carboxylic acids is 3. The lowest BCUT2D eigenvalue weighted by Crippen LogP contribution is -2.45. The minimum absolute atomic E-state index is 0.333. The number of halogens is 1. The molecule has 148 valence electrons. The largest absolute Gasteiger partial charge is 0.348 e. The Bertz CT molecular complexity index is 692. The maximum absolute atomic E-state index is 13.0. The van der Waals surface area contributed by atoms with Crippen molar-refractivity contribution in [1.29, 1.82) is 0 Å². The van der Waals surface area contributed by atoms with Crippen LogP contribution in [0, 0.1) is 5.82 Å². The molecule has 2 N–H and O–H groups in total. The monoisotopic (exact) mass is 377 g/mol. The molecular formula is C20H28FN3O3. The highest BCUT2D eigenvalue weighted by Gasteiger charge is 2.47. The third kappa shape index (κ3) is 5.28. The average molecular weight is 377 g/mol. The highest BCUT2D eigenvalue weighted by atomic mass is 19.1. The van der Waals surface area contributed by atoms with Crippen LogP contribution in [-0.4, -0.2) is 34.8 Å². The summed E-state index contributed by atoms with van der Waals surface area (Å²) < 4.78 is 13.0. The fourth-order valence-electron chi connectivity index (χ4n) is 3.23. The van der Waals surface area contributed by atoms with Crippen LogP contribution in [-0.2, 0) is 9.59 Å². The number of benzene rings is 1. The molecule has 7 heteroatoms. The molecule has 0 bridgehead atoms. The van der Waals surface area contributed by atoms with Crippen molar-refractivity contribution in [3.63, 3.8) is 0 Å². The number of unbranched alkanes of at least 4 members (excludes halogenated alkanes) is 3. The maximum atomic E-state index is 13.0. The Kier molecular flexibility index (Phi) is 6.93.